The highest BCUT2D eigenvalue weighted by molar-refractivity contribution is 5.35. The molecule has 0 aliphatic rings. The molecule has 1 heterocycles. The Morgan fingerprint density at radius 1 is 1.38 bits per heavy atom. The minimum absolute atomic E-state index is 0. The second-order valence-electron chi connectivity index (χ2n) is 2.77. The van der Waals surface area contributed by atoms with Crippen LogP contribution in [-0.4, -0.2) is 0 Å². The Balaban J connectivity index is 0. The fourth-order valence-electron chi connectivity index (χ4n) is 1.09. The number of halogens is 2. The number of H-pyrrole nitrogens is 1. The fraction of sp³-hybridized carbons (Fsp3) is 0.375. The van der Waals surface area contributed by atoms with E-state index in [1.54, 1.807) is 0 Å². The summed E-state index contributed by atoms with van der Waals surface area (Å²) in [6.45, 7) is 4.81. The van der Waals surface area contributed by atoms with Gasteiger partial charge in [0.1, 0.15) is 12.2 Å². The molecule has 0 saturated heterocycles. The molecule has 0 saturated carbocycles. The van der Waals surface area contributed by atoms with Gasteiger partial charge in [-0.25, -0.2) is 4.98 Å². The van der Waals surface area contributed by atoms with Gasteiger partial charge in [-0.15, -0.1) is 0 Å². The fourth-order valence-corrected chi connectivity index (χ4v) is 1.09. The lowest BCUT2D eigenvalue weighted by Crippen LogP contribution is -3.00. The standard InChI is InChI=1S/C8H13N3.2ClH/c1-5-3-7(4-9)6(2)11-8(5)10;;/h3H,4,9H2,1-2H3,(H2,10,11);2*1H. The number of pyridine rings is 1. The topological polar surface area (TPSA) is 67.8 Å². The number of nitrogen functional groups attached to an aromatic ring is 1. The van der Waals surface area contributed by atoms with E-state index in [2.05, 4.69) is 16.8 Å². The van der Waals surface area contributed by atoms with Gasteiger partial charge < -0.3 is 30.5 Å². The molecule has 0 bridgehead atoms. The van der Waals surface area contributed by atoms with E-state index in [9.17, 15) is 0 Å². The molecule has 0 fully saturated rings. The van der Waals surface area contributed by atoms with Gasteiger partial charge in [-0.05, 0) is 19.9 Å². The Morgan fingerprint density at radius 2 is 1.92 bits per heavy atom. The second kappa shape index (κ2) is 6.02. The van der Waals surface area contributed by atoms with Crippen molar-refractivity contribution in [3.63, 3.8) is 0 Å². The zero-order valence-electron chi connectivity index (χ0n) is 7.82. The minimum atomic E-state index is 0. The molecule has 3 nitrogen and oxygen atoms in total. The van der Waals surface area contributed by atoms with Gasteiger partial charge >= 0.3 is 0 Å². The lowest BCUT2D eigenvalue weighted by molar-refractivity contribution is -0.398. The molecular weight excluding hydrogens is 209 g/mol. The molecule has 76 valence electrons. The third kappa shape index (κ3) is 3.38. The summed E-state index contributed by atoms with van der Waals surface area (Å²) in [7, 11) is 0. The highest BCUT2D eigenvalue weighted by Crippen LogP contribution is 2.07. The van der Waals surface area contributed by atoms with Gasteiger partial charge in [0, 0.05) is 11.1 Å². The minimum Gasteiger partial charge on any atom is -1.00 e. The van der Waals surface area contributed by atoms with Crippen LogP contribution in [0.5, 0.6) is 0 Å². The molecule has 1 aromatic rings. The summed E-state index contributed by atoms with van der Waals surface area (Å²) in [6.07, 6.45) is 0. The van der Waals surface area contributed by atoms with Gasteiger partial charge in [0.25, 0.3) is 5.82 Å². The maximum absolute atomic E-state index is 5.67. The summed E-state index contributed by atoms with van der Waals surface area (Å²) >= 11 is 0. The molecule has 0 amide bonds. The number of nitrogens with two attached hydrogens (primary N) is 1. The first-order valence-corrected chi connectivity index (χ1v) is 3.72. The van der Waals surface area contributed by atoms with Crippen LogP contribution in [0.2, 0.25) is 0 Å². The zero-order chi connectivity index (χ0) is 8.43. The number of anilines is 1. The second-order valence-corrected chi connectivity index (χ2v) is 2.77. The monoisotopic (exact) mass is 223 g/mol. The summed E-state index contributed by atoms with van der Waals surface area (Å²) in [5.74, 6) is 0.750. The highest BCUT2D eigenvalue weighted by Gasteiger charge is 2.06. The van der Waals surface area contributed by atoms with Gasteiger partial charge in [-0.2, -0.15) is 0 Å². The molecule has 0 aromatic carbocycles. The zero-order valence-corrected chi connectivity index (χ0v) is 9.34. The number of hydrogen-bond acceptors (Lipinski definition) is 1. The van der Waals surface area contributed by atoms with Crippen LogP contribution < -0.4 is 41.3 Å². The van der Waals surface area contributed by atoms with Crippen molar-refractivity contribution in [2.45, 2.75) is 20.4 Å². The number of aryl methyl sites for hydroxylation is 2. The van der Waals surface area contributed by atoms with Crippen LogP contribution in [0, 0.1) is 13.8 Å². The number of aromatic nitrogens is 1. The molecule has 0 spiro atoms. The summed E-state index contributed by atoms with van der Waals surface area (Å²) in [6, 6.07) is 2.08. The lowest BCUT2D eigenvalue weighted by Gasteiger charge is -1.99. The van der Waals surface area contributed by atoms with Crippen molar-refractivity contribution in [2.75, 3.05) is 5.73 Å². The van der Waals surface area contributed by atoms with Gasteiger partial charge in [-0.1, -0.05) is 0 Å². The van der Waals surface area contributed by atoms with Crippen molar-refractivity contribution in [1.82, 2.24) is 0 Å². The summed E-state index contributed by atoms with van der Waals surface area (Å²) in [5.41, 5.74) is 12.9. The molecule has 1 aromatic heterocycles. The van der Waals surface area contributed by atoms with E-state index in [-0.39, 0.29) is 24.8 Å². The van der Waals surface area contributed by atoms with Crippen molar-refractivity contribution < 1.29 is 35.5 Å². The van der Waals surface area contributed by atoms with Gasteiger partial charge in [0.15, 0.2) is 0 Å². The normalized spacial score (nSPS) is 8.54. The molecule has 1 rings (SSSR count). The molecule has 0 aliphatic carbocycles. The summed E-state index contributed by atoms with van der Waals surface area (Å²) < 4.78 is 0. The van der Waals surface area contributed by atoms with Crippen LogP contribution in [0.4, 0.5) is 5.82 Å². The van der Waals surface area contributed by atoms with Gasteiger partial charge in [0.2, 0.25) is 0 Å². The highest BCUT2D eigenvalue weighted by atomic mass is 35.5. The van der Waals surface area contributed by atoms with Crippen molar-refractivity contribution in [1.29, 1.82) is 0 Å². The van der Waals surface area contributed by atoms with E-state index in [1.165, 1.54) is 5.56 Å². The Kier molecular flexibility index (Phi) is 6.94. The average molecular weight is 224 g/mol. The number of rotatable bonds is 1. The predicted octanol–water partition coefficient (Wildman–Crippen LogP) is -6.55. The van der Waals surface area contributed by atoms with Crippen LogP contribution in [-0.2, 0) is 6.54 Å². The Bertz CT molecular complexity index is 276. The number of aromatic amines is 1. The summed E-state index contributed by atoms with van der Waals surface area (Å²) in [4.78, 5) is 3.10. The van der Waals surface area contributed by atoms with Crippen LogP contribution >= 0.6 is 0 Å². The van der Waals surface area contributed by atoms with Gasteiger partial charge in [-0.3, -0.25) is 5.73 Å². The Labute approximate surface area is 90.7 Å². The first-order chi connectivity index (χ1) is 5.15. The molecule has 13 heavy (non-hydrogen) atoms. The molecule has 6 N–H and O–H groups in total. The van der Waals surface area contributed by atoms with E-state index < -0.39 is 0 Å². The summed E-state index contributed by atoms with van der Waals surface area (Å²) in [5, 5.41) is 0. The third-order valence-electron chi connectivity index (χ3n) is 1.89. The number of quaternary nitrogens is 1. The lowest BCUT2D eigenvalue weighted by atomic mass is 10.1. The van der Waals surface area contributed by atoms with Crippen molar-refractivity contribution in [3.05, 3.63) is 22.9 Å². The molecule has 0 aliphatic heterocycles. The number of hydrogen-bond donors (Lipinski definition) is 2. The quantitative estimate of drug-likeness (QED) is 0.489. The smallest absolute Gasteiger partial charge is 0.273 e. The molecular formula is C8H15Cl2N3. The van der Waals surface area contributed by atoms with E-state index in [0.717, 1.165) is 23.6 Å². The maximum Gasteiger partial charge on any atom is 0.273 e. The average Bonchev–Trinajstić information content (AvgIpc) is 1.97. The first kappa shape index (κ1) is 15.0. The number of nitrogens with one attached hydrogen (secondary N) is 1. The van der Waals surface area contributed by atoms with Crippen LogP contribution in [0.15, 0.2) is 6.07 Å². The van der Waals surface area contributed by atoms with Crippen molar-refractivity contribution >= 4 is 5.82 Å². The maximum atomic E-state index is 5.67. The Morgan fingerprint density at radius 3 is 2.38 bits per heavy atom. The van der Waals surface area contributed by atoms with Crippen molar-refractivity contribution in [2.24, 2.45) is 0 Å². The third-order valence-corrected chi connectivity index (χ3v) is 1.89. The first-order valence-electron chi connectivity index (χ1n) is 3.72. The molecule has 5 heteroatoms. The van der Waals surface area contributed by atoms with E-state index in [4.69, 9.17) is 5.73 Å². The van der Waals surface area contributed by atoms with E-state index in [1.807, 2.05) is 13.8 Å². The van der Waals surface area contributed by atoms with Gasteiger partial charge in [0.05, 0.1) is 0 Å². The van der Waals surface area contributed by atoms with E-state index >= 15 is 0 Å². The van der Waals surface area contributed by atoms with E-state index in [0.29, 0.717) is 0 Å². The SMILES string of the molecule is Cc1cc(C[NH3+])c(C)[nH+]c1N.[Cl-].[Cl-]. The molecule has 0 radical (unpaired) electrons. The van der Waals surface area contributed by atoms with Crippen LogP contribution in [0.3, 0.4) is 0 Å². The Hall–Kier alpha value is -0.510. The van der Waals surface area contributed by atoms with Crippen LogP contribution in [0.1, 0.15) is 16.8 Å². The predicted molar refractivity (Wildman–Crippen MR) is 43.5 cm³/mol. The molecule has 0 atom stereocenters. The molecule has 0 unspecified atom stereocenters. The van der Waals surface area contributed by atoms with Crippen molar-refractivity contribution in [3.8, 4) is 0 Å². The van der Waals surface area contributed by atoms with Crippen LogP contribution in [0.25, 0.3) is 0 Å². The largest absolute Gasteiger partial charge is 1.00 e.